The van der Waals surface area contributed by atoms with E-state index in [1.807, 2.05) is 6.07 Å². The number of halogens is 1. The molecule has 0 saturated carbocycles. The average molecular weight is 355 g/mol. The third-order valence-electron chi connectivity index (χ3n) is 3.51. The van der Waals surface area contributed by atoms with Crippen LogP contribution in [0.2, 0.25) is 0 Å². The van der Waals surface area contributed by atoms with E-state index < -0.39 is 17.8 Å². The highest BCUT2D eigenvalue weighted by Gasteiger charge is 2.21. The summed E-state index contributed by atoms with van der Waals surface area (Å²) in [5, 5.41) is 11.3. The first-order valence-corrected chi connectivity index (χ1v) is 7.86. The molecule has 2 amide bonds. The van der Waals surface area contributed by atoms with Crippen LogP contribution in [-0.2, 0) is 9.59 Å². The molecule has 0 radical (unpaired) electrons. The van der Waals surface area contributed by atoms with Crippen molar-refractivity contribution in [3.8, 4) is 11.8 Å². The van der Waals surface area contributed by atoms with Gasteiger partial charge in [0.15, 0.2) is 6.10 Å². The molecular formula is C19H18FN3O3. The molecule has 0 aliphatic carbocycles. The normalized spacial score (nSPS) is 11.2. The van der Waals surface area contributed by atoms with Gasteiger partial charge in [-0.2, -0.15) is 5.26 Å². The third kappa shape index (κ3) is 5.31. The maximum absolute atomic E-state index is 13.1. The van der Waals surface area contributed by atoms with Crippen LogP contribution in [0.5, 0.6) is 5.75 Å². The number of nitrogens with zero attached hydrogens (tertiary/aromatic N) is 2. The first kappa shape index (κ1) is 18.9. The fourth-order valence-electron chi connectivity index (χ4n) is 2.23. The molecule has 2 rings (SSSR count). The molecule has 6 nitrogen and oxygen atoms in total. The van der Waals surface area contributed by atoms with Crippen LogP contribution >= 0.6 is 0 Å². The van der Waals surface area contributed by atoms with Crippen LogP contribution in [0.4, 0.5) is 10.1 Å². The van der Waals surface area contributed by atoms with Crippen molar-refractivity contribution in [2.45, 2.75) is 13.0 Å². The monoisotopic (exact) mass is 355 g/mol. The lowest BCUT2D eigenvalue weighted by Crippen LogP contribution is -2.42. The molecule has 2 aromatic rings. The van der Waals surface area contributed by atoms with Gasteiger partial charge in [-0.1, -0.05) is 6.07 Å². The van der Waals surface area contributed by atoms with E-state index in [1.54, 1.807) is 37.3 Å². The number of carbonyl (C=O) groups excluding carboxylic acids is 2. The number of likely N-dealkylation sites (N-methyl/N-ethyl adjacent to an activating group) is 1. The lowest BCUT2D eigenvalue weighted by molar-refractivity contribution is -0.139. The largest absolute Gasteiger partial charge is 0.481 e. The molecular weight excluding hydrogens is 337 g/mol. The molecule has 2 aromatic carbocycles. The first-order chi connectivity index (χ1) is 12.4. The van der Waals surface area contributed by atoms with Gasteiger partial charge in [0.25, 0.3) is 5.91 Å². The number of benzene rings is 2. The molecule has 134 valence electrons. The molecule has 0 heterocycles. The first-order valence-electron chi connectivity index (χ1n) is 7.86. The molecule has 0 saturated heterocycles. The zero-order valence-corrected chi connectivity index (χ0v) is 14.4. The predicted molar refractivity (Wildman–Crippen MR) is 93.9 cm³/mol. The number of hydrogen-bond donors (Lipinski definition) is 1. The van der Waals surface area contributed by atoms with E-state index in [2.05, 4.69) is 5.32 Å². The smallest absolute Gasteiger partial charge is 0.263 e. The van der Waals surface area contributed by atoms with Crippen LogP contribution in [0.1, 0.15) is 12.5 Å². The van der Waals surface area contributed by atoms with Crippen LogP contribution in [0, 0.1) is 17.1 Å². The quantitative estimate of drug-likeness (QED) is 0.863. The van der Waals surface area contributed by atoms with Crippen LogP contribution in [0.25, 0.3) is 0 Å². The maximum Gasteiger partial charge on any atom is 0.263 e. The third-order valence-corrected chi connectivity index (χ3v) is 3.51. The van der Waals surface area contributed by atoms with Gasteiger partial charge in [-0.25, -0.2) is 4.39 Å². The molecule has 26 heavy (non-hydrogen) atoms. The summed E-state index contributed by atoms with van der Waals surface area (Å²) >= 11 is 0. The Morgan fingerprint density at radius 2 is 1.96 bits per heavy atom. The van der Waals surface area contributed by atoms with Gasteiger partial charge in [-0.3, -0.25) is 9.59 Å². The van der Waals surface area contributed by atoms with Gasteiger partial charge in [-0.15, -0.1) is 0 Å². The number of ether oxygens (including phenoxy) is 1. The molecule has 1 atom stereocenters. The zero-order chi connectivity index (χ0) is 19.1. The number of amides is 2. The van der Waals surface area contributed by atoms with Crippen molar-refractivity contribution in [3.05, 3.63) is 59.9 Å². The number of nitrogens with one attached hydrogen (secondary N) is 1. The average Bonchev–Trinajstić information content (AvgIpc) is 2.61. The summed E-state index contributed by atoms with van der Waals surface area (Å²) < 4.78 is 18.6. The summed E-state index contributed by atoms with van der Waals surface area (Å²) in [5.41, 5.74) is 0.806. The van der Waals surface area contributed by atoms with E-state index >= 15 is 0 Å². The number of anilines is 1. The molecule has 0 fully saturated rings. The highest BCUT2D eigenvalue weighted by molar-refractivity contribution is 5.95. The van der Waals surface area contributed by atoms with Gasteiger partial charge in [-0.05, 0) is 49.4 Å². The second kappa shape index (κ2) is 8.62. The number of carbonyl (C=O) groups is 2. The van der Waals surface area contributed by atoms with Gasteiger partial charge in [0, 0.05) is 12.7 Å². The highest BCUT2D eigenvalue weighted by atomic mass is 19.1. The summed E-state index contributed by atoms with van der Waals surface area (Å²) in [6.07, 6.45) is -0.810. The molecule has 0 aliphatic heterocycles. The molecule has 0 bridgehead atoms. The SMILES string of the molecule is CC(Oc1ccc(C#N)cc1)C(=O)N(C)CC(=O)Nc1cccc(F)c1. The van der Waals surface area contributed by atoms with Crippen LogP contribution in [-0.4, -0.2) is 36.4 Å². The zero-order valence-electron chi connectivity index (χ0n) is 14.4. The standard InChI is InChI=1S/C19H18FN3O3/c1-13(26-17-8-6-14(11-21)7-9-17)19(25)23(2)12-18(24)22-16-5-3-4-15(20)10-16/h3-10,13H,12H2,1-2H3,(H,22,24). The van der Waals surface area contributed by atoms with E-state index in [-0.39, 0.29) is 12.5 Å². The van der Waals surface area contributed by atoms with Gasteiger partial charge >= 0.3 is 0 Å². The highest BCUT2D eigenvalue weighted by Crippen LogP contribution is 2.14. The summed E-state index contributed by atoms with van der Waals surface area (Å²) in [5.74, 6) is -0.847. The number of nitriles is 1. The molecule has 0 aliphatic rings. The minimum atomic E-state index is -0.810. The van der Waals surface area contributed by atoms with Crippen molar-refractivity contribution in [2.24, 2.45) is 0 Å². The molecule has 0 aromatic heterocycles. The Hall–Kier alpha value is -3.40. The second-order valence-corrected chi connectivity index (χ2v) is 5.65. The Morgan fingerprint density at radius 1 is 1.27 bits per heavy atom. The van der Waals surface area contributed by atoms with E-state index in [9.17, 15) is 14.0 Å². The fraction of sp³-hybridized carbons (Fsp3) is 0.211. The lowest BCUT2D eigenvalue weighted by atomic mass is 10.2. The molecule has 7 heteroatoms. The molecule has 1 unspecified atom stereocenters. The van der Waals surface area contributed by atoms with E-state index in [4.69, 9.17) is 10.00 Å². The van der Waals surface area contributed by atoms with Crippen molar-refractivity contribution < 1.29 is 18.7 Å². The Kier molecular flexibility index (Phi) is 6.28. The van der Waals surface area contributed by atoms with Crippen LogP contribution in [0.15, 0.2) is 48.5 Å². The Morgan fingerprint density at radius 3 is 2.58 bits per heavy atom. The van der Waals surface area contributed by atoms with Crippen molar-refractivity contribution in [2.75, 3.05) is 18.9 Å². The molecule has 1 N–H and O–H groups in total. The topological polar surface area (TPSA) is 82.4 Å². The summed E-state index contributed by atoms with van der Waals surface area (Å²) in [7, 11) is 1.48. The van der Waals surface area contributed by atoms with Gasteiger partial charge < -0.3 is 15.0 Å². The van der Waals surface area contributed by atoms with E-state index in [0.29, 0.717) is 17.0 Å². The maximum atomic E-state index is 13.1. The van der Waals surface area contributed by atoms with Crippen molar-refractivity contribution >= 4 is 17.5 Å². The minimum Gasteiger partial charge on any atom is -0.481 e. The summed E-state index contributed by atoms with van der Waals surface area (Å²) in [4.78, 5) is 25.5. The van der Waals surface area contributed by atoms with Crippen molar-refractivity contribution in [3.63, 3.8) is 0 Å². The number of hydrogen-bond acceptors (Lipinski definition) is 4. The Bertz CT molecular complexity index is 831. The second-order valence-electron chi connectivity index (χ2n) is 5.65. The lowest BCUT2D eigenvalue weighted by Gasteiger charge is -2.21. The van der Waals surface area contributed by atoms with Gasteiger partial charge in [0.05, 0.1) is 18.2 Å². The number of rotatable bonds is 6. The Balaban J connectivity index is 1.88. The Labute approximate surface area is 150 Å². The van der Waals surface area contributed by atoms with Crippen molar-refractivity contribution in [1.29, 1.82) is 5.26 Å². The van der Waals surface area contributed by atoms with Gasteiger partial charge in [0.2, 0.25) is 5.91 Å². The van der Waals surface area contributed by atoms with E-state index in [0.717, 1.165) is 0 Å². The molecule has 0 spiro atoms. The van der Waals surface area contributed by atoms with Crippen molar-refractivity contribution in [1.82, 2.24) is 4.90 Å². The minimum absolute atomic E-state index is 0.198. The van der Waals surface area contributed by atoms with E-state index in [1.165, 1.54) is 30.1 Å². The van der Waals surface area contributed by atoms with Crippen LogP contribution < -0.4 is 10.1 Å². The van der Waals surface area contributed by atoms with Crippen LogP contribution in [0.3, 0.4) is 0 Å². The fourth-order valence-corrected chi connectivity index (χ4v) is 2.23. The summed E-state index contributed by atoms with van der Waals surface area (Å²) in [6.45, 7) is 1.37. The predicted octanol–water partition coefficient (Wildman–Crippen LogP) is 2.56. The van der Waals surface area contributed by atoms with Gasteiger partial charge in [0.1, 0.15) is 11.6 Å². The summed E-state index contributed by atoms with van der Waals surface area (Å²) in [6, 6.07) is 13.9.